The van der Waals surface area contributed by atoms with Crippen molar-refractivity contribution >= 4 is 0 Å². The van der Waals surface area contributed by atoms with Gasteiger partial charge in [-0.3, -0.25) is 4.68 Å². The first-order valence-corrected chi connectivity index (χ1v) is 7.02. The number of hydrogen-bond acceptors (Lipinski definition) is 2. The number of aliphatic hydroxyl groups is 1. The molecule has 1 aromatic rings. The lowest BCUT2D eigenvalue weighted by molar-refractivity contribution is 0.0196. The van der Waals surface area contributed by atoms with Crippen LogP contribution < -0.4 is 0 Å². The number of aryl methyl sites for hydroxylation is 1. The summed E-state index contributed by atoms with van der Waals surface area (Å²) in [6.07, 6.45) is 8.06. The lowest BCUT2D eigenvalue weighted by atomic mass is 9.67. The Kier molecular flexibility index (Phi) is 3.81. The predicted molar refractivity (Wildman–Crippen MR) is 73.2 cm³/mol. The molecule has 0 bridgehead atoms. The largest absolute Gasteiger partial charge is 0.393 e. The van der Waals surface area contributed by atoms with Gasteiger partial charge >= 0.3 is 0 Å². The number of aromatic nitrogens is 2. The molecule has 1 N–H and O–H groups in total. The van der Waals surface area contributed by atoms with Crippen LogP contribution in [-0.4, -0.2) is 21.0 Å². The fourth-order valence-corrected chi connectivity index (χ4v) is 3.13. The molecule has 0 spiro atoms. The molecule has 3 heteroatoms. The van der Waals surface area contributed by atoms with Gasteiger partial charge in [0.15, 0.2) is 0 Å². The first-order chi connectivity index (χ1) is 8.36. The standard InChI is InChI=1S/C15H26N2O/c1-15(2,3)13-5-6-14(18)12(8-13)7-11-9-16-17(4)10-11/h9-10,12-14,18H,5-8H2,1-4H3. The Morgan fingerprint density at radius 2 is 2.11 bits per heavy atom. The van der Waals surface area contributed by atoms with E-state index in [1.165, 1.54) is 5.56 Å². The van der Waals surface area contributed by atoms with Crippen LogP contribution >= 0.6 is 0 Å². The molecule has 0 aromatic carbocycles. The summed E-state index contributed by atoms with van der Waals surface area (Å²) in [5.41, 5.74) is 1.60. The average Bonchev–Trinajstić information content (AvgIpc) is 2.66. The fourth-order valence-electron chi connectivity index (χ4n) is 3.13. The van der Waals surface area contributed by atoms with E-state index < -0.39 is 0 Å². The number of aliphatic hydroxyl groups excluding tert-OH is 1. The summed E-state index contributed by atoms with van der Waals surface area (Å²) in [4.78, 5) is 0. The second-order valence-corrected chi connectivity index (χ2v) is 6.93. The van der Waals surface area contributed by atoms with Gasteiger partial charge in [0.1, 0.15) is 0 Å². The van der Waals surface area contributed by atoms with Crippen LogP contribution in [0.3, 0.4) is 0 Å². The van der Waals surface area contributed by atoms with Crippen molar-refractivity contribution in [3.63, 3.8) is 0 Å². The Balaban J connectivity index is 2.02. The molecule has 0 aliphatic heterocycles. The third-order valence-electron chi connectivity index (χ3n) is 4.42. The highest BCUT2D eigenvalue weighted by Gasteiger charge is 2.35. The summed E-state index contributed by atoms with van der Waals surface area (Å²) in [6.45, 7) is 6.95. The summed E-state index contributed by atoms with van der Waals surface area (Å²) in [6, 6.07) is 0. The van der Waals surface area contributed by atoms with E-state index in [0.717, 1.165) is 31.6 Å². The normalized spacial score (nSPS) is 29.5. The smallest absolute Gasteiger partial charge is 0.0571 e. The van der Waals surface area contributed by atoms with Gasteiger partial charge in [-0.25, -0.2) is 0 Å². The Labute approximate surface area is 110 Å². The van der Waals surface area contributed by atoms with E-state index in [-0.39, 0.29) is 6.10 Å². The number of nitrogens with zero attached hydrogens (tertiary/aromatic N) is 2. The molecule has 0 saturated heterocycles. The third kappa shape index (κ3) is 3.14. The van der Waals surface area contributed by atoms with Crippen LogP contribution in [-0.2, 0) is 13.5 Å². The molecule has 2 rings (SSSR count). The molecule has 1 fully saturated rings. The monoisotopic (exact) mass is 250 g/mol. The second kappa shape index (κ2) is 5.04. The van der Waals surface area contributed by atoms with Crippen molar-refractivity contribution in [2.45, 2.75) is 52.6 Å². The minimum absolute atomic E-state index is 0.135. The Hall–Kier alpha value is -0.830. The van der Waals surface area contributed by atoms with Gasteiger partial charge in [-0.1, -0.05) is 20.8 Å². The van der Waals surface area contributed by atoms with E-state index in [0.29, 0.717) is 11.3 Å². The molecule has 0 amide bonds. The van der Waals surface area contributed by atoms with Crippen molar-refractivity contribution in [3.05, 3.63) is 18.0 Å². The van der Waals surface area contributed by atoms with Crippen molar-refractivity contribution in [2.75, 3.05) is 0 Å². The van der Waals surface area contributed by atoms with Crippen molar-refractivity contribution in [1.29, 1.82) is 0 Å². The molecule has 3 nitrogen and oxygen atoms in total. The van der Waals surface area contributed by atoms with Crippen molar-refractivity contribution < 1.29 is 5.11 Å². The lowest BCUT2D eigenvalue weighted by Crippen LogP contribution is -2.35. The summed E-state index contributed by atoms with van der Waals surface area (Å²) < 4.78 is 1.84. The van der Waals surface area contributed by atoms with Gasteiger partial charge in [-0.15, -0.1) is 0 Å². The van der Waals surface area contributed by atoms with Gasteiger partial charge in [-0.05, 0) is 48.5 Å². The molecule has 1 aliphatic carbocycles. The Bertz CT molecular complexity index is 391. The molecule has 3 atom stereocenters. The predicted octanol–water partition coefficient (Wildman–Crippen LogP) is 2.79. The summed E-state index contributed by atoms with van der Waals surface area (Å²) in [7, 11) is 1.94. The van der Waals surface area contributed by atoms with Crippen LogP contribution in [0.1, 0.15) is 45.6 Å². The summed E-state index contributed by atoms with van der Waals surface area (Å²) in [5, 5.41) is 14.4. The molecule has 1 aromatic heterocycles. The van der Waals surface area contributed by atoms with E-state index in [9.17, 15) is 5.11 Å². The first kappa shape index (κ1) is 13.6. The zero-order valence-electron chi connectivity index (χ0n) is 12.1. The van der Waals surface area contributed by atoms with Gasteiger partial charge in [-0.2, -0.15) is 5.10 Å². The first-order valence-electron chi connectivity index (χ1n) is 7.02. The highest BCUT2D eigenvalue weighted by Crippen LogP contribution is 2.41. The lowest BCUT2D eigenvalue weighted by Gasteiger charge is -2.40. The topological polar surface area (TPSA) is 38.0 Å². The highest BCUT2D eigenvalue weighted by molar-refractivity contribution is 5.06. The molecule has 18 heavy (non-hydrogen) atoms. The van der Waals surface area contributed by atoms with Crippen LogP contribution in [0.25, 0.3) is 0 Å². The van der Waals surface area contributed by atoms with Crippen LogP contribution in [0.15, 0.2) is 12.4 Å². The minimum atomic E-state index is -0.135. The maximum atomic E-state index is 10.2. The van der Waals surface area contributed by atoms with E-state index in [1.54, 1.807) is 0 Å². The van der Waals surface area contributed by atoms with E-state index in [2.05, 4.69) is 32.1 Å². The van der Waals surface area contributed by atoms with Crippen LogP contribution in [0, 0.1) is 17.3 Å². The average molecular weight is 250 g/mol. The quantitative estimate of drug-likeness (QED) is 0.876. The third-order valence-corrected chi connectivity index (χ3v) is 4.42. The van der Waals surface area contributed by atoms with Gasteiger partial charge < -0.3 is 5.11 Å². The van der Waals surface area contributed by atoms with Crippen LogP contribution in [0.2, 0.25) is 0 Å². The van der Waals surface area contributed by atoms with Gasteiger partial charge in [0.05, 0.1) is 12.3 Å². The Morgan fingerprint density at radius 3 is 2.67 bits per heavy atom. The van der Waals surface area contributed by atoms with Gasteiger partial charge in [0.2, 0.25) is 0 Å². The van der Waals surface area contributed by atoms with Crippen LogP contribution in [0.4, 0.5) is 0 Å². The van der Waals surface area contributed by atoms with Gasteiger partial charge in [0, 0.05) is 13.2 Å². The molecule has 102 valence electrons. The maximum absolute atomic E-state index is 10.2. The van der Waals surface area contributed by atoms with Crippen LogP contribution in [0.5, 0.6) is 0 Å². The molecule has 0 radical (unpaired) electrons. The summed E-state index contributed by atoms with van der Waals surface area (Å²) >= 11 is 0. The van der Waals surface area contributed by atoms with Crippen molar-refractivity contribution in [3.8, 4) is 0 Å². The van der Waals surface area contributed by atoms with E-state index in [1.807, 2.05) is 17.9 Å². The zero-order valence-corrected chi connectivity index (χ0v) is 12.1. The Morgan fingerprint density at radius 1 is 1.39 bits per heavy atom. The molecule has 1 saturated carbocycles. The highest BCUT2D eigenvalue weighted by atomic mass is 16.3. The maximum Gasteiger partial charge on any atom is 0.0571 e. The van der Waals surface area contributed by atoms with E-state index >= 15 is 0 Å². The SMILES string of the molecule is Cn1cc(CC2CC(C(C)(C)C)CCC2O)cn1. The molecular weight excluding hydrogens is 224 g/mol. The van der Waals surface area contributed by atoms with Crippen molar-refractivity contribution in [2.24, 2.45) is 24.3 Å². The summed E-state index contributed by atoms with van der Waals surface area (Å²) in [5.74, 6) is 1.12. The molecule has 1 heterocycles. The zero-order chi connectivity index (χ0) is 13.3. The minimum Gasteiger partial charge on any atom is -0.393 e. The second-order valence-electron chi connectivity index (χ2n) is 6.93. The molecule has 1 aliphatic rings. The van der Waals surface area contributed by atoms with E-state index in [4.69, 9.17) is 0 Å². The number of rotatable bonds is 2. The number of hydrogen-bond donors (Lipinski definition) is 1. The molecular formula is C15H26N2O. The van der Waals surface area contributed by atoms with Crippen molar-refractivity contribution in [1.82, 2.24) is 9.78 Å². The molecule has 3 unspecified atom stereocenters. The fraction of sp³-hybridized carbons (Fsp3) is 0.800. The van der Waals surface area contributed by atoms with Gasteiger partial charge in [0.25, 0.3) is 0 Å².